The van der Waals surface area contributed by atoms with Gasteiger partial charge in [0.25, 0.3) is 5.56 Å². The van der Waals surface area contributed by atoms with E-state index < -0.39 is 0 Å². The first-order chi connectivity index (χ1) is 11.6. The number of pyridine rings is 1. The molecule has 0 saturated carbocycles. The second-order valence-corrected chi connectivity index (χ2v) is 6.78. The van der Waals surface area contributed by atoms with Crippen LogP contribution in [0.3, 0.4) is 0 Å². The van der Waals surface area contributed by atoms with Gasteiger partial charge in [0, 0.05) is 30.2 Å². The molecule has 0 aliphatic heterocycles. The van der Waals surface area contributed by atoms with Crippen LogP contribution in [0.5, 0.6) is 0 Å². The number of fused-ring (bicyclic) bond motifs is 1. The molecular formula is C21H24N2O. The van der Waals surface area contributed by atoms with Crippen LogP contribution >= 0.6 is 0 Å². The van der Waals surface area contributed by atoms with Gasteiger partial charge in [-0.25, -0.2) is 0 Å². The smallest absolute Gasteiger partial charge is 0.258 e. The Morgan fingerprint density at radius 3 is 2.25 bits per heavy atom. The molecule has 124 valence electrons. The summed E-state index contributed by atoms with van der Waals surface area (Å²) < 4.78 is 1.87. The van der Waals surface area contributed by atoms with Crippen LogP contribution in [-0.4, -0.2) is 30.1 Å². The quantitative estimate of drug-likeness (QED) is 0.713. The van der Waals surface area contributed by atoms with E-state index in [2.05, 4.69) is 38.1 Å². The van der Waals surface area contributed by atoms with E-state index in [-0.39, 0.29) is 5.56 Å². The highest BCUT2D eigenvalue weighted by Gasteiger charge is 2.12. The van der Waals surface area contributed by atoms with Gasteiger partial charge >= 0.3 is 0 Å². The Morgan fingerprint density at radius 2 is 1.58 bits per heavy atom. The number of rotatable bonds is 5. The van der Waals surface area contributed by atoms with Crippen molar-refractivity contribution in [3.63, 3.8) is 0 Å². The van der Waals surface area contributed by atoms with E-state index in [0.29, 0.717) is 5.92 Å². The lowest BCUT2D eigenvalue weighted by Gasteiger charge is -2.19. The lowest BCUT2D eigenvalue weighted by atomic mass is 10.0. The largest absolute Gasteiger partial charge is 0.314 e. The number of hydrogen-bond acceptors (Lipinski definition) is 2. The molecule has 0 saturated heterocycles. The summed E-state index contributed by atoms with van der Waals surface area (Å²) in [5.74, 6) is 0.405. The highest BCUT2D eigenvalue weighted by Crippen LogP contribution is 2.26. The lowest BCUT2D eigenvalue weighted by Crippen LogP contribution is -2.28. The fourth-order valence-electron chi connectivity index (χ4n) is 3.34. The number of nitrogens with zero attached hydrogens (tertiary/aromatic N) is 2. The number of benzene rings is 2. The summed E-state index contributed by atoms with van der Waals surface area (Å²) in [7, 11) is 4.13. The van der Waals surface area contributed by atoms with Crippen molar-refractivity contribution in [2.24, 2.45) is 5.92 Å². The monoisotopic (exact) mass is 320 g/mol. The summed E-state index contributed by atoms with van der Waals surface area (Å²) in [6, 6.07) is 18.2. The van der Waals surface area contributed by atoms with Gasteiger partial charge in [-0.2, -0.15) is 0 Å². The van der Waals surface area contributed by atoms with Crippen LogP contribution in [0.25, 0.3) is 21.9 Å². The van der Waals surface area contributed by atoms with Crippen LogP contribution in [0.2, 0.25) is 0 Å². The van der Waals surface area contributed by atoms with Gasteiger partial charge in [0.05, 0.1) is 0 Å². The minimum absolute atomic E-state index is 0.0934. The Balaban J connectivity index is 2.14. The minimum atomic E-state index is 0.0934. The van der Waals surface area contributed by atoms with E-state index in [0.717, 1.165) is 35.0 Å². The van der Waals surface area contributed by atoms with E-state index in [9.17, 15) is 4.79 Å². The summed E-state index contributed by atoms with van der Waals surface area (Å²) >= 11 is 0. The average Bonchev–Trinajstić information content (AvgIpc) is 2.57. The van der Waals surface area contributed by atoms with Crippen molar-refractivity contribution in [1.82, 2.24) is 9.47 Å². The highest BCUT2D eigenvalue weighted by molar-refractivity contribution is 5.95. The lowest BCUT2D eigenvalue weighted by molar-refractivity contribution is 0.314. The molecule has 0 spiro atoms. The third-order valence-corrected chi connectivity index (χ3v) is 4.26. The Labute approximate surface area is 143 Å². The summed E-state index contributed by atoms with van der Waals surface area (Å²) in [5.41, 5.74) is 2.35. The van der Waals surface area contributed by atoms with Crippen LogP contribution in [0, 0.1) is 5.92 Å². The van der Waals surface area contributed by atoms with Crippen molar-refractivity contribution in [3.05, 3.63) is 71.1 Å². The Kier molecular flexibility index (Phi) is 4.81. The van der Waals surface area contributed by atoms with E-state index in [1.165, 1.54) is 0 Å². The molecule has 3 aromatic rings. The summed E-state index contributed by atoms with van der Waals surface area (Å²) in [6.07, 6.45) is 2.02. The van der Waals surface area contributed by atoms with Gasteiger partial charge < -0.3 is 9.47 Å². The predicted molar refractivity (Wildman–Crippen MR) is 101 cm³/mol. The molecular weight excluding hydrogens is 296 g/mol. The molecule has 0 radical (unpaired) electrons. The number of aromatic nitrogens is 1. The van der Waals surface area contributed by atoms with Crippen molar-refractivity contribution in [2.45, 2.75) is 13.5 Å². The normalized spacial score (nSPS) is 12.7. The first-order valence-corrected chi connectivity index (χ1v) is 8.38. The van der Waals surface area contributed by atoms with Gasteiger partial charge in [-0.3, -0.25) is 4.79 Å². The topological polar surface area (TPSA) is 25.2 Å². The molecule has 2 aromatic carbocycles. The maximum atomic E-state index is 12.9. The maximum Gasteiger partial charge on any atom is 0.258 e. The molecule has 1 aromatic heterocycles. The molecule has 24 heavy (non-hydrogen) atoms. The Morgan fingerprint density at radius 1 is 0.958 bits per heavy atom. The highest BCUT2D eigenvalue weighted by atomic mass is 16.1. The van der Waals surface area contributed by atoms with E-state index in [4.69, 9.17) is 0 Å². The molecule has 0 fully saturated rings. The zero-order valence-electron chi connectivity index (χ0n) is 14.6. The van der Waals surface area contributed by atoms with Crippen LogP contribution in [0.15, 0.2) is 65.6 Å². The van der Waals surface area contributed by atoms with Gasteiger partial charge in [-0.05, 0) is 37.0 Å². The van der Waals surface area contributed by atoms with Crippen molar-refractivity contribution in [1.29, 1.82) is 0 Å². The standard InChI is InChI=1S/C21H24N2O/c1-16(13-22(2)3)14-23-15-20(17-9-5-4-6-10-17)18-11-7-8-12-19(18)21(23)24/h4-12,15-16H,13-14H2,1-3H3. The van der Waals surface area contributed by atoms with Gasteiger partial charge in [-0.15, -0.1) is 0 Å². The zero-order chi connectivity index (χ0) is 17.1. The summed E-state index contributed by atoms with van der Waals surface area (Å²) in [5, 5.41) is 1.81. The first-order valence-electron chi connectivity index (χ1n) is 8.38. The van der Waals surface area contributed by atoms with E-state index >= 15 is 0 Å². The molecule has 1 atom stereocenters. The van der Waals surface area contributed by atoms with Crippen molar-refractivity contribution in [3.8, 4) is 11.1 Å². The molecule has 0 aliphatic carbocycles. The molecule has 3 heteroatoms. The second-order valence-electron chi connectivity index (χ2n) is 6.78. The average molecular weight is 320 g/mol. The SMILES string of the molecule is CC(CN(C)C)Cn1cc(-c2ccccc2)c2ccccc2c1=O. The van der Waals surface area contributed by atoms with Crippen LogP contribution < -0.4 is 5.56 Å². The van der Waals surface area contributed by atoms with Crippen LogP contribution in [0.4, 0.5) is 0 Å². The summed E-state index contributed by atoms with van der Waals surface area (Å²) in [4.78, 5) is 15.0. The first kappa shape index (κ1) is 16.5. The molecule has 0 amide bonds. The van der Waals surface area contributed by atoms with Crippen LogP contribution in [-0.2, 0) is 6.54 Å². The van der Waals surface area contributed by atoms with Crippen molar-refractivity contribution >= 4 is 10.8 Å². The molecule has 1 heterocycles. The Bertz CT molecular complexity index is 881. The fourth-order valence-corrected chi connectivity index (χ4v) is 3.34. The minimum Gasteiger partial charge on any atom is -0.314 e. The van der Waals surface area contributed by atoms with Gasteiger partial charge in [-0.1, -0.05) is 55.5 Å². The molecule has 0 bridgehead atoms. The molecule has 0 N–H and O–H groups in total. The molecule has 0 aliphatic rings. The van der Waals surface area contributed by atoms with Gasteiger partial charge in [0.1, 0.15) is 0 Å². The molecule has 1 unspecified atom stereocenters. The summed E-state index contributed by atoms with van der Waals surface area (Å²) in [6.45, 7) is 3.87. The third-order valence-electron chi connectivity index (χ3n) is 4.26. The Hall–Kier alpha value is -2.39. The zero-order valence-corrected chi connectivity index (χ0v) is 14.6. The van der Waals surface area contributed by atoms with Crippen molar-refractivity contribution < 1.29 is 0 Å². The van der Waals surface area contributed by atoms with Gasteiger partial charge in [0.15, 0.2) is 0 Å². The fraction of sp³-hybridized carbons (Fsp3) is 0.286. The molecule has 3 rings (SSSR count). The maximum absolute atomic E-state index is 12.9. The molecule has 3 nitrogen and oxygen atoms in total. The van der Waals surface area contributed by atoms with E-state index in [1.807, 2.05) is 53.2 Å². The van der Waals surface area contributed by atoms with Crippen molar-refractivity contribution in [2.75, 3.05) is 20.6 Å². The van der Waals surface area contributed by atoms with E-state index in [1.54, 1.807) is 0 Å². The van der Waals surface area contributed by atoms with Gasteiger partial charge in [0.2, 0.25) is 0 Å². The third kappa shape index (κ3) is 3.41. The predicted octanol–water partition coefficient (Wildman–Crippen LogP) is 3.87. The number of hydrogen-bond donors (Lipinski definition) is 0. The van der Waals surface area contributed by atoms with Crippen LogP contribution in [0.1, 0.15) is 6.92 Å². The second kappa shape index (κ2) is 7.02.